The molecule has 2 heterocycles. The molecule has 1 aromatic rings. The van der Waals surface area contributed by atoms with Crippen LogP contribution in [0.4, 0.5) is 4.39 Å². The molecule has 1 N–H and O–H groups in total. The molecule has 2 atom stereocenters. The van der Waals surface area contributed by atoms with Crippen LogP contribution in [0.3, 0.4) is 0 Å². The van der Waals surface area contributed by atoms with Crippen LogP contribution >= 0.6 is 0 Å². The van der Waals surface area contributed by atoms with Gasteiger partial charge in [-0.25, -0.2) is 4.39 Å². The fourth-order valence-corrected chi connectivity index (χ4v) is 3.64. The molecule has 4 heteroatoms. The van der Waals surface area contributed by atoms with E-state index < -0.39 is 5.60 Å². The summed E-state index contributed by atoms with van der Waals surface area (Å²) in [6.45, 7) is 0.477. The highest BCUT2D eigenvalue weighted by molar-refractivity contribution is 5.22. The lowest BCUT2D eigenvalue weighted by atomic mass is 9.84. The quantitative estimate of drug-likeness (QED) is 0.919. The van der Waals surface area contributed by atoms with Gasteiger partial charge < -0.3 is 14.7 Å². The lowest BCUT2D eigenvalue weighted by molar-refractivity contribution is -0.0563. The molecule has 1 aromatic carbocycles. The highest BCUT2D eigenvalue weighted by Crippen LogP contribution is 2.41. The van der Waals surface area contributed by atoms with E-state index >= 15 is 0 Å². The number of benzene rings is 1. The van der Waals surface area contributed by atoms with E-state index in [1.54, 1.807) is 12.1 Å². The van der Waals surface area contributed by atoms with Crippen molar-refractivity contribution >= 4 is 0 Å². The van der Waals surface area contributed by atoms with Crippen molar-refractivity contribution in [3.8, 4) is 5.75 Å². The van der Waals surface area contributed by atoms with Crippen molar-refractivity contribution in [1.29, 1.82) is 0 Å². The van der Waals surface area contributed by atoms with Crippen LogP contribution in [0.5, 0.6) is 5.75 Å². The molecule has 20 heavy (non-hydrogen) atoms. The summed E-state index contributed by atoms with van der Waals surface area (Å²) in [5.74, 6) is 0.397. The molecule has 0 saturated carbocycles. The van der Waals surface area contributed by atoms with Crippen molar-refractivity contribution in [2.24, 2.45) is 0 Å². The summed E-state index contributed by atoms with van der Waals surface area (Å²) in [6.07, 6.45) is 4.72. The third-order valence-corrected chi connectivity index (χ3v) is 4.87. The summed E-state index contributed by atoms with van der Waals surface area (Å²) >= 11 is 0. The van der Waals surface area contributed by atoms with E-state index in [0.717, 1.165) is 12.8 Å². The van der Waals surface area contributed by atoms with Gasteiger partial charge in [-0.2, -0.15) is 0 Å². The van der Waals surface area contributed by atoms with Crippen molar-refractivity contribution in [2.45, 2.75) is 49.8 Å². The molecule has 2 bridgehead atoms. The SMILES string of the molecule is CN1C2CCC1CC(O)(CCOc1ccc(F)cc1)C2. The van der Waals surface area contributed by atoms with Crippen molar-refractivity contribution in [1.82, 2.24) is 4.90 Å². The summed E-state index contributed by atoms with van der Waals surface area (Å²) < 4.78 is 18.4. The molecule has 0 spiro atoms. The molecule has 2 aliphatic rings. The number of hydrogen-bond donors (Lipinski definition) is 1. The second-order valence-electron chi connectivity index (χ2n) is 6.24. The Morgan fingerprint density at radius 3 is 2.45 bits per heavy atom. The molecule has 2 fully saturated rings. The Hall–Kier alpha value is -1.13. The van der Waals surface area contributed by atoms with Gasteiger partial charge >= 0.3 is 0 Å². The standard InChI is InChI=1S/C16H22FNO2/c1-18-13-4-5-14(18)11-16(19,10-13)8-9-20-15-6-2-12(17)3-7-15/h2-3,6-7,13-14,19H,4-5,8-11H2,1H3. The highest BCUT2D eigenvalue weighted by Gasteiger charge is 2.45. The summed E-state index contributed by atoms with van der Waals surface area (Å²) in [6, 6.07) is 7.06. The Morgan fingerprint density at radius 2 is 1.85 bits per heavy atom. The van der Waals surface area contributed by atoms with Crippen LogP contribution in [0.1, 0.15) is 32.1 Å². The summed E-state index contributed by atoms with van der Waals surface area (Å²) in [7, 11) is 2.16. The maximum atomic E-state index is 12.8. The first-order chi connectivity index (χ1) is 9.56. The van der Waals surface area contributed by atoms with Gasteiger partial charge in [-0.3, -0.25) is 0 Å². The number of nitrogens with zero attached hydrogens (tertiary/aromatic N) is 1. The number of aliphatic hydroxyl groups is 1. The van der Waals surface area contributed by atoms with Gasteiger partial charge in [0.1, 0.15) is 11.6 Å². The normalized spacial score (nSPS) is 33.4. The predicted octanol–water partition coefficient (Wildman–Crippen LogP) is 2.58. The van der Waals surface area contributed by atoms with Crippen LogP contribution in [0.2, 0.25) is 0 Å². The van der Waals surface area contributed by atoms with E-state index in [1.807, 2.05) is 0 Å². The second-order valence-corrected chi connectivity index (χ2v) is 6.24. The first kappa shape index (κ1) is 13.8. The van der Waals surface area contributed by atoms with Crippen LogP contribution in [0, 0.1) is 5.82 Å². The molecular formula is C16H22FNO2. The zero-order valence-corrected chi connectivity index (χ0v) is 11.9. The zero-order valence-electron chi connectivity index (χ0n) is 11.9. The molecule has 2 aliphatic heterocycles. The molecule has 0 aromatic heterocycles. The molecule has 2 saturated heterocycles. The predicted molar refractivity (Wildman–Crippen MR) is 75.3 cm³/mol. The van der Waals surface area contributed by atoms with Crippen LogP contribution in [0.15, 0.2) is 24.3 Å². The van der Waals surface area contributed by atoms with E-state index in [4.69, 9.17) is 4.74 Å². The van der Waals surface area contributed by atoms with E-state index in [1.165, 1.54) is 25.0 Å². The highest BCUT2D eigenvalue weighted by atomic mass is 19.1. The molecule has 110 valence electrons. The lowest BCUT2D eigenvalue weighted by Crippen LogP contribution is -2.49. The van der Waals surface area contributed by atoms with Crippen LogP contribution in [-0.4, -0.2) is 41.3 Å². The van der Waals surface area contributed by atoms with Gasteiger partial charge in [-0.05, 0) is 57.0 Å². The average Bonchev–Trinajstić information content (AvgIpc) is 2.64. The summed E-state index contributed by atoms with van der Waals surface area (Å²) in [4.78, 5) is 2.41. The van der Waals surface area contributed by atoms with E-state index in [9.17, 15) is 9.50 Å². The Morgan fingerprint density at radius 1 is 1.25 bits per heavy atom. The topological polar surface area (TPSA) is 32.7 Å². The molecule has 3 rings (SSSR count). The van der Waals surface area contributed by atoms with Gasteiger partial charge in [0.2, 0.25) is 0 Å². The minimum absolute atomic E-state index is 0.261. The van der Waals surface area contributed by atoms with Gasteiger partial charge in [0.05, 0.1) is 12.2 Å². The number of halogens is 1. The fourth-order valence-electron chi connectivity index (χ4n) is 3.64. The Balaban J connectivity index is 1.52. The number of rotatable bonds is 4. The van der Waals surface area contributed by atoms with E-state index in [-0.39, 0.29) is 5.82 Å². The lowest BCUT2D eigenvalue weighted by Gasteiger charge is -2.42. The van der Waals surface area contributed by atoms with Gasteiger partial charge in [0.15, 0.2) is 0 Å². The van der Waals surface area contributed by atoms with Crippen molar-refractivity contribution in [3.05, 3.63) is 30.1 Å². The van der Waals surface area contributed by atoms with Crippen LogP contribution < -0.4 is 4.74 Å². The number of ether oxygens (including phenoxy) is 1. The van der Waals surface area contributed by atoms with E-state index in [0.29, 0.717) is 30.9 Å². The first-order valence-corrected chi connectivity index (χ1v) is 7.38. The van der Waals surface area contributed by atoms with Gasteiger partial charge in [-0.15, -0.1) is 0 Å². The van der Waals surface area contributed by atoms with E-state index in [2.05, 4.69) is 11.9 Å². The molecule has 0 radical (unpaired) electrons. The van der Waals surface area contributed by atoms with Crippen molar-refractivity contribution in [3.63, 3.8) is 0 Å². The van der Waals surface area contributed by atoms with Crippen LogP contribution in [0.25, 0.3) is 0 Å². The largest absolute Gasteiger partial charge is 0.493 e. The third-order valence-electron chi connectivity index (χ3n) is 4.87. The third kappa shape index (κ3) is 2.81. The van der Waals surface area contributed by atoms with Crippen molar-refractivity contribution < 1.29 is 14.2 Å². The second kappa shape index (κ2) is 5.34. The minimum atomic E-state index is -0.599. The van der Waals surface area contributed by atoms with Gasteiger partial charge in [-0.1, -0.05) is 0 Å². The first-order valence-electron chi connectivity index (χ1n) is 7.38. The van der Waals surface area contributed by atoms with Crippen molar-refractivity contribution in [2.75, 3.05) is 13.7 Å². The molecule has 2 unspecified atom stereocenters. The maximum absolute atomic E-state index is 12.8. The number of hydrogen-bond acceptors (Lipinski definition) is 3. The zero-order chi connectivity index (χ0) is 14.2. The summed E-state index contributed by atoms with van der Waals surface area (Å²) in [5.41, 5.74) is -0.599. The molecule has 0 amide bonds. The minimum Gasteiger partial charge on any atom is -0.493 e. The van der Waals surface area contributed by atoms with Crippen LogP contribution in [-0.2, 0) is 0 Å². The maximum Gasteiger partial charge on any atom is 0.123 e. The van der Waals surface area contributed by atoms with Gasteiger partial charge in [0, 0.05) is 18.5 Å². The smallest absolute Gasteiger partial charge is 0.123 e. The van der Waals surface area contributed by atoms with Gasteiger partial charge in [0.25, 0.3) is 0 Å². The molecular weight excluding hydrogens is 257 g/mol. The number of piperidine rings is 1. The fraction of sp³-hybridized carbons (Fsp3) is 0.625. The Labute approximate surface area is 119 Å². The summed E-state index contributed by atoms with van der Waals surface area (Å²) in [5, 5.41) is 10.7. The average molecular weight is 279 g/mol. The number of fused-ring (bicyclic) bond motifs is 2. The molecule has 3 nitrogen and oxygen atoms in total. The Bertz CT molecular complexity index is 448. The monoisotopic (exact) mass is 279 g/mol. The Kier molecular flexibility index (Phi) is 3.69. The molecule has 0 aliphatic carbocycles.